The molecule has 0 aliphatic carbocycles. The number of pyridine rings is 1. The lowest BCUT2D eigenvalue weighted by atomic mass is 10.3. The van der Waals surface area contributed by atoms with Gasteiger partial charge in [-0.05, 0) is 24.3 Å². The van der Waals surface area contributed by atoms with Gasteiger partial charge in [0.2, 0.25) is 5.91 Å². The standard InChI is InChI=1S/C13H11ClN2O4S/c1-9(17)16-11-4-2-3-5-12(11)20-21(18,19)10-6-7-13(14)15-8-10/h2-8H,1H3,(H,16,17). The first-order valence-corrected chi connectivity index (χ1v) is 7.60. The summed E-state index contributed by atoms with van der Waals surface area (Å²) in [7, 11) is -4.06. The van der Waals surface area contributed by atoms with Gasteiger partial charge in [-0.2, -0.15) is 8.42 Å². The van der Waals surface area contributed by atoms with Gasteiger partial charge in [-0.3, -0.25) is 4.79 Å². The largest absolute Gasteiger partial charge is 0.377 e. The van der Waals surface area contributed by atoms with Crippen LogP contribution < -0.4 is 9.50 Å². The first kappa shape index (κ1) is 15.3. The van der Waals surface area contributed by atoms with Crippen molar-refractivity contribution in [1.29, 1.82) is 0 Å². The van der Waals surface area contributed by atoms with Crippen molar-refractivity contribution in [2.75, 3.05) is 5.32 Å². The summed E-state index contributed by atoms with van der Waals surface area (Å²) in [5.74, 6) is -0.320. The molecule has 1 heterocycles. The highest BCUT2D eigenvalue weighted by Crippen LogP contribution is 2.27. The van der Waals surface area contributed by atoms with Crippen LogP contribution in [0.3, 0.4) is 0 Å². The highest BCUT2D eigenvalue weighted by molar-refractivity contribution is 7.87. The molecule has 21 heavy (non-hydrogen) atoms. The van der Waals surface area contributed by atoms with E-state index < -0.39 is 10.1 Å². The monoisotopic (exact) mass is 326 g/mol. The number of carbonyl (C=O) groups excluding carboxylic acids is 1. The predicted molar refractivity (Wildman–Crippen MR) is 77.8 cm³/mol. The molecule has 2 aromatic rings. The first-order chi connectivity index (χ1) is 9.88. The Hall–Kier alpha value is -2.12. The third kappa shape index (κ3) is 3.93. The number of aromatic nitrogens is 1. The Labute approximate surface area is 126 Å². The normalized spacial score (nSPS) is 11.0. The van der Waals surface area contributed by atoms with E-state index in [2.05, 4.69) is 10.3 Å². The van der Waals surface area contributed by atoms with Gasteiger partial charge in [0, 0.05) is 6.92 Å². The van der Waals surface area contributed by atoms with Crippen LogP contribution in [0.4, 0.5) is 5.69 Å². The number of nitrogens with one attached hydrogen (secondary N) is 1. The Morgan fingerprint density at radius 1 is 1.24 bits per heavy atom. The van der Waals surface area contributed by atoms with E-state index in [1.165, 1.54) is 31.2 Å². The van der Waals surface area contributed by atoms with Gasteiger partial charge in [-0.1, -0.05) is 23.7 Å². The van der Waals surface area contributed by atoms with Gasteiger partial charge in [0.15, 0.2) is 5.75 Å². The van der Waals surface area contributed by atoms with Gasteiger partial charge in [-0.25, -0.2) is 4.98 Å². The average Bonchev–Trinajstić information content (AvgIpc) is 2.40. The van der Waals surface area contributed by atoms with E-state index in [9.17, 15) is 13.2 Å². The maximum atomic E-state index is 12.1. The van der Waals surface area contributed by atoms with Crippen molar-refractivity contribution >= 4 is 33.3 Å². The van der Waals surface area contributed by atoms with Gasteiger partial charge < -0.3 is 9.50 Å². The van der Waals surface area contributed by atoms with Crippen LogP contribution in [0.15, 0.2) is 47.5 Å². The topological polar surface area (TPSA) is 85.4 Å². The fourth-order valence-electron chi connectivity index (χ4n) is 1.51. The molecular formula is C13H11ClN2O4S. The second-order valence-corrected chi connectivity index (χ2v) is 5.96. The van der Waals surface area contributed by atoms with Gasteiger partial charge in [0.1, 0.15) is 10.0 Å². The van der Waals surface area contributed by atoms with E-state index in [0.29, 0.717) is 0 Å². The SMILES string of the molecule is CC(=O)Nc1ccccc1OS(=O)(=O)c1ccc(Cl)nc1. The zero-order chi connectivity index (χ0) is 15.5. The molecule has 0 radical (unpaired) electrons. The van der Waals surface area contributed by atoms with E-state index in [1.807, 2.05) is 0 Å². The number of halogens is 1. The fourth-order valence-corrected chi connectivity index (χ4v) is 2.51. The molecular weight excluding hydrogens is 316 g/mol. The summed E-state index contributed by atoms with van der Waals surface area (Å²) in [5, 5.41) is 2.67. The van der Waals surface area contributed by atoms with E-state index in [4.69, 9.17) is 15.8 Å². The van der Waals surface area contributed by atoms with Crippen LogP contribution in [-0.4, -0.2) is 19.3 Å². The quantitative estimate of drug-likeness (QED) is 0.689. The van der Waals surface area contributed by atoms with E-state index >= 15 is 0 Å². The molecule has 1 amide bonds. The van der Waals surface area contributed by atoms with Crippen LogP contribution in [0.2, 0.25) is 5.15 Å². The summed E-state index contributed by atoms with van der Waals surface area (Å²) in [6.07, 6.45) is 1.10. The molecule has 0 spiro atoms. The van der Waals surface area contributed by atoms with E-state index in [-0.39, 0.29) is 27.4 Å². The second-order valence-electron chi connectivity index (χ2n) is 4.03. The van der Waals surface area contributed by atoms with Crippen molar-refractivity contribution in [3.8, 4) is 5.75 Å². The maximum absolute atomic E-state index is 12.1. The van der Waals surface area contributed by atoms with E-state index in [0.717, 1.165) is 6.20 Å². The molecule has 0 atom stereocenters. The zero-order valence-electron chi connectivity index (χ0n) is 10.9. The number of nitrogens with zero attached hydrogens (tertiary/aromatic N) is 1. The van der Waals surface area contributed by atoms with Gasteiger partial charge in [0.05, 0.1) is 11.9 Å². The maximum Gasteiger partial charge on any atom is 0.340 e. The van der Waals surface area contributed by atoms with Crippen LogP contribution in [0, 0.1) is 0 Å². The molecule has 0 fully saturated rings. The molecule has 2 rings (SSSR count). The Morgan fingerprint density at radius 2 is 1.95 bits per heavy atom. The zero-order valence-corrected chi connectivity index (χ0v) is 12.5. The number of carbonyl (C=O) groups is 1. The first-order valence-electron chi connectivity index (χ1n) is 5.81. The number of anilines is 1. The minimum absolute atomic E-state index is 0.0163. The van der Waals surface area contributed by atoms with Crippen molar-refractivity contribution in [3.05, 3.63) is 47.7 Å². The van der Waals surface area contributed by atoms with E-state index in [1.54, 1.807) is 12.1 Å². The molecule has 0 saturated carbocycles. The molecule has 1 N–H and O–H groups in total. The van der Waals surface area contributed by atoms with Crippen molar-refractivity contribution in [3.63, 3.8) is 0 Å². The number of para-hydroxylation sites is 2. The van der Waals surface area contributed by atoms with Crippen LogP contribution in [0.1, 0.15) is 6.92 Å². The average molecular weight is 327 g/mol. The molecule has 0 bridgehead atoms. The Kier molecular flexibility index (Phi) is 4.44. The van der Waals surface area contributed by atoms with Crippen LogP contribution in [-0.2, 0) is 14.9 Å². The van der Waals surface area contributed by atoms with Gasteiger partial charge in [-0.15, -0.1) is 0 Å². The van der Waals surface area contributed by atoms with Gasteiger partial charge >= 0.3 is 10.1 Å². The Bertz CT molecular complexity index is 760. The number of amides is 1. The fraction of sp³-hybridized carbons (Fsp3) is 0.0769. The molecule has 1 aromatic carbocycles. The second kappa shape index (κ2) is 6.11. The molecule has 110 valence electrons. The third-order valence-corrected chi connectivity index (χ3v) is 3.83. The number of rotatable bonds is 4. The summed E-state index contributed by atoms with van der Waals surface area (Å²) >= 11 is 5.61. The summed E-state index contributed by atoms with van der Waals surface area (Å²) in [6, 6.07) is 8.84. The molecule has 6 nitrogen and oxygen atoms in total. The van der Waals surface area contributed by atoms with Crippen LogP contribution in [0.5, 0.6) is 5.75 Å². The minimum Gasteiger partial charge on any atom is -0.377 e. The van der Waals surface area contributed by atoms with Gasteiger partial charge in [0.25, 0.3) is 0 Å². The summed E-state index contributed by atoms with van der Waals surface area (Å²) in [6.45, 7) is 1.31. The lowest BCUT2D eigenvalue weighted by Gasteiger charge is -2.11. The third-order valence-electron chi connectivity index (χ3n) is 2.39. The highest BCUT2D eigenvalue weighted by atomic mass is 35.5. The van der Waals surface area contributed by atoms with Crippen molar-refractivity contribution in [1.82, 2.24) is 4.98 Å². The highest BCUT2D eigenvalue weighted by Gasteiger charge is 2.19. The molecule has 0 saturated heterocycles. The number of benzene rings is 1. The van der Waals surface area contributed by atoms with Crippen LogP contribution in [0.25, 0.3) is 0 Å². The summed E-state index contributed by atoms with van der Waals surface area (Å²) in [5.41, 5.74) is 0.260. The molecule has 0 unspecified atom stereocenters. The van der Waals surface area contributed by atoms with Crippen LogP contribution >= 0.6 is 11.6 Å². The minimum atomic E-state index is -4.06. The lowest BCUT2D eigenvalue weighted by Crippen LogP contribution is -2.13. The van der Waals surface area contributed by atoms with Crippen molar-refractivity contribution < 1.29 is 17.4 Å². The number of hydrogen-bond donors (Lipinski definition) is 1. The molecule has 0 aliphatic heterocycles. The number of hydrogen-bond acceptors (Lipinski definition) is 5. The van der Waals surface area contributed by atoms with Crippen molar-refractivity contribution in [2.45, 2.75) is 11.8 Å². The van der Waals surface area contributed by atoms with Crippen molar-refractivity contribution in [2.24, 2.45) is 0 Å². The lowest BCUT2D eigenvalue weighted by molar-refractivity contribution is -0.114. The Balaban J connectivity index is 2.33. The molecule has 0 aliphatic rings. The Morgan fingerprint density at radius 3 is 2.57 bits per heavy atom. The summed E-state index contributed by atoms with van der Waals surface area (Å²) in [4.78, 5) is 14.7. The smallest absolute Gasteiger partial charge is 0.340 e. The molecule has 8 heteroatoms. The molecule has 1 aromatic heterocycles. The predicted octanol–water partition coefficient (Wildman–Crippen LogP) is 2.46. The summed E-state index contributed by atoms with van der Waals surface area (Å²) < 4.78 is 29.3.